The number of ether oxygens (including phenoxy) is 2. The van der Waals surface area contributed by atoms with Gasteiger partial charge in [0.25, 0.3) is 5.79 Å². The number of carbonyl (C=O) groups excluding carboxylic acids is 2. The van der Waals surface area contributed by atoms with Gasteiger partial charge in [-0.25, -0.2) is 14.0 Å². The smallest absolute Gasteiger partial charge is 0.350 e. The molecular formula is C13H11BrFNO5. The molecular weight excluding hydrogens is 349 g/mol. The summed E-state index contributed by atoms with van der Waals surface area (Å²) in [5.74, 6) is -4.32. The van der Waals surface area contributed by atoms with Gasteiger partial charge in [-0.2, -0.15) is 0 Å². The topological polar surface area (TPSA) is 84.9 Å². The van der Waals surface area contributed by atoms with Crippen molar-refractivity contribution in [2.24, 2.45) is 0 Å². The zero-order valence-electron chi connectivity index (χ0n) is 11.1. The highest BCUT2D eigenvalue weighted by molar-refractivity contribution is 9.10. The van der Waals surface area contributed by atoms with E-state index in [-0.39, 0.29) is 15.9 Å². The zero-order chi connectivity index (χ0) is 15.8. The highest BCUT2D eigenvalue weighted by atomic mass is 79.9. The number of hydrogen-bond acceptors (Lipinski definition) is 6. The van der Waals surface area contributed by atoms with Crippen LogP contribution >= 0.6 is 15.9 Å². The first-order valence-corrected chi connectivity index (χ1v) is 6.61. The Kier molecular flexibility index (Phi) is 3.91. The van der Waals surface area contributed by atoms with E-state index >= 15 is 0 Å². The minimum atomic E-state index is -1.35. The van der Waals surface area contributed by atoms with E-state index in [2.05, 4.69) is 21.2 Å². The van der Waals surface area contributed by atoms with Gasteiger partial charge in [-0.3, -0.25) is 0 Å². The molecule has 1 aromatic carbocycles. The summed E-state index contributed by atoms with van der Waals surface area (Å²) in [6.07, 6.45) is 0.921. The van der Waals surface area contributed by atoms with Crippen molar-refractivity contribution in [1.29, 1.82) is 0 Å². The summed E-state index contributed by atoms with van der Waals surface area (Å²) in [7, 11) is 0. The van der Waals surface area contributed by atoms with E-state index in [9.17, 15) is 19.1 Å². The fraction of sp³-hybridized carbons (Fsp3) is 0.231. The van der Waals surface area contributed by atoms with Gasteiger partial charge in [0.1, 0.15) is 11.4 Å². The van der Waals surface area contributed by atoms with E-state index in [0.29, 0.717) is 0 Å². The molecule has 1 aromatic rings. The van der Waals surface area contributed by atoms with E-state index < -0.39 is 29.1 Å². The van der Waals surface area contributed by atoms with Gasteiger partial charge in [0.2, 0.25) is 0 Å². The maximum absolute atomic E-state index is 13.8. The summed E-state index contributed by atoms with van der Waals surface area (Å²) in [4.78, 5) is 23.4. The molecule has 0 saturated carbocycles. The van der Waals surface area contributed by atoms with Crippen molar-refractivity contribution in [2.75, 3.05) is 5.32 Å². The number of benzene rings is 1. The molecule has 0 radical (unpaired) electrons. The van der Waals surface area contributed by atoms with Gasteiger partial charge in [-0.05, 0) is 28.1 Å². The Morgan fingerprint density at radius 1 is 1.29 bits per heavy atom. The highest BCUT2D eigenvalue weighted by Crippen LogP contribution is 2.32. The van der Waals surface area contributed by atoms with Gasteiger partial charge in [0.15, 0.2) is 11.4 Å². The van der Waals surface area contributed by atoms with E-state index in [1.54, 1.807) is 0 Å². The molecule has 0 aliphatic carbocycles. The van der Waals surface area contributed by atoms with Crippen LogP contribution < -0.4 is 5.32 Å². The van der Waals surface area contributed by atoms with Crippen LogP contribution in [-0.2, 0) is 19.1 Å². The Bertz CT molecular complexity index is 634. The molecule has 1 heterocycles. The summed E-state index contributed by atoms with van der Waals surface area (Å²) in [6, 6.07) is 2.56. The Balaban J connectivity index is 2.28. The summed E-state index contributed by atoms with van der Waals surface area (Å²) >= 11 is 2.95. The van der Waals surface area contributed by atoms with Gasteiger partial charge in [0, 0.05) is 20.0 Å². The fourth-order valence-electron chi connectivity index (χ4n) is 1.60. The molecule has 21 heavy (non-hydrogen) atoms. The Morgan fingerprint density at radius 2 is 1.86 bits per heavy atom. The number of phenols is 1. The fourth-order valence-corrected chi connectivity index (χ4v) is 1.93. The number of esters is 2. The van der Waals surface area contributed by atoms with Crippen molar-refractivity contribution in [2.45, 2.75) is 19.6 Å². The molecule has 1 fully saturated rings. The zero-order valence-corrected chi connectivity index (χ0v) is 12.7. The van der Waals surface area contributed by atoms with Gasteiger partial charge >= 0.3 is 11.9 Å². The molecule has 6 nitrogen and oxygen atoms in total. The van der Waals surface area contributed by atoms with E-state index in [1.165, 1.54) is 26.0 Å². The Labute approximate surface area is 127 Å². The largest absolute Gasteiger partial charge is 0.506 e. The summed E-state index contributed by atoms with van der Waals surface area (Å²) in [5.41, 5.74) is -0.726. The molecule has 2 rings (SSSR count). The van der Waals surface area contributed by atoms with Crippen LogP contribution in [0.3, 0.4) is 0 Å². The van der Waals surface area contributed by atoms with Crippen LogP contribution in [0.1, 0.15) is 13.8 Å². The van der Waals surface area contributed by atoms with Crippen LogP contribution in [0.4, 0.5) is 10.1 Å². The predicted octanol–water partition coefficient (Wildman–Crippen LogP) is 2.43. The number of nitrogens with one attached hydrogen (secondary N) is 1. The first-order chi connectivity index (χ1) is 9.71. The Hall–Kier alpha value is -2.09. The molecule has 1 aliphatic heterocycles. The Morgan fingerprint density at radius 3 is 2.43 bits per heavy atom. The summed E-state index contributed by atoms with van der Waals surface area (Å²) in [6.45, 7) is 2.82. The highest BCUT2D eigenvalue weighted by Gasteiger charge is 2.39. The molecule has 0 unspecified atom stereocenters. The maximum atomic E-state index is 13.8. The van der Waals surface area contributed by atoms with Crippen LogP contribution in [0.5, 0.6) is 5.75 Å². The van der Waals surface area contributed by atoms with Crippen molar-refractivity contribution in [3.05, 3.63) is 34.2 Å². The van der Waals surface area contributed by atoms with Gasteiger partial charge in [0.05, 0.1) is 4.47 Å². The van der Waals surface area contributed by atoms with Crippen molar-refractivity contribution < 1.29 is 28.6 Å². The second kappa shape index (κ2) is 5.36. The second-order valence-electron chi connectivity index (χ2n) is 4.64. The van der Waals surface area contributed by atoms with Crippen LogP contribution in [0.2, 0.25) is 0 Å². The second-order valence-corrected chi connectivity index (χ2v) is 5.49. The van der Waals surface area contributed by atoms with Crippen molar-refractivity contribution in [3.63, 3.8) is 0 Å². The number of anilines is 1. The van der Waals surface area contributed by atoms with E-state index in [0.717, 1.165) is 6.20 Å². The van der Waals surface area contributed by atoms with Crippen LogP contribution in [0.25, 0.3) is 0 Å². The third-order valence-electron chi connectivity index (χ3n) is 2.55. The van der Waals surface area contributed by atoms with Gasteiger partial charge in [-0.1, -0.05) is 0 Å². The first kappa shape index (κ1) is 15.3. The first-order valence-electron chi connectivity index (χ1n) is 5.81. The molecule has 1 aliphatic rings. The SMILES string of the molecule is CC1(C)OC(=O)C(=CNc2c(O)ccc(Br)c2F)C(=O)O1. The minimum Gasteiger partial charge on any atom is -0.506 e. The molecule has 0 bridgehead atoms. The van der Waals surface area contributed by atoms with E-state index in [4.69, 9.17) is 9.47 Å². The molecule has 0 atom stereocenters. The number of phenolic OH excluding ortho intramolecular Hbond substituents is 1. The van der Waals surface area contributed by atoms with Crippen molar-refractivity contribution in [3.8, 4) is 5.75 Å². The van der Waals surface area contributed by atoms with Gasteiger partial charge < -0.3 is 19.9 Å². The molecule has 0 amide bonds. The lowest BCUT2D eigenvalue weighted by Crippen LogP contribution is -2.42. The molecule has 1 saturated heterocycles. The molecule has 0 spiro atoms. The van der Waals surface area contributed by atoms with Crippen LogP contribution in [0, 0.1) is 5.82 Å². The molecule has 8 heteroatoms. The van der Waals surface area contributed by atoms with Crippen molar-refractivity contribution in [1.82, 2.24) is 0 Å². The minimum absolute atomic E-state index is 0.108. The van der Waals surface area contributed by atoms with Crippen LogP contribution in [0.15, 0.2) is 28.4 Å². The number of cyclic esters (lactones) is 2. The molecule has 112 valence electrons. The monoisotopic (exact) mass is 359 g/mol. The third-order valence-corrected chi connectivity index (χ3v) is 3.16. The number of hydrogen-bond donors (Lipinski definition) is 2. The number of aromatic hydroxyl groups is 1. The van der Waals surface area contributed by atoms with Gasteiger partial charge in [-0.15, -0.1) is 0 Å². The number of halogens is 2. The van der Waals surface area contributed by atoms with Crippen LogP contribution in [-0.4, -0.2) is 22.8 Å². The average Bonchev–Trinajstić information content (AvgIpc) is 2.35. The average molecular weight is 360 g/mol. The third kappa shape index (κ3) is 3.15. The molecule has 2 N–H and O–H groups in total. The lowest BCUT2D eigenvalue weighted by molar-refractivity contribution is -0.222. The lowest BCUT2D eigenvalue weighted by atomic mass is 10.2. The quantitative estimate of drug-likeness (QED) is 0.365. The van der Waals surface area contributed by atoms with E-state index in [1.807, 2.05) is 0 Å². The maximum Gasteiger partial charge on any atom is 0.350 e. The summed E-state index contributed by atoms with van der Waals surface area (Å²) in [5, 5.41) is 11.9. The number of rotatable bonds is 2. The van der Waals surface area contributed by atoms with Crippen molar-refractivity contribution >= 4 is 33.6 Å². The number of carbonyl (C=O) groups is 2. The lowest BCUT2D eigenvalue weighted by Gasteiger charge is -2.29. The normalized spacial score (nSPS) is 17.0. The molecule has 0 aromatic heterocycles. The summed E-state index contributed by atoms with van der Waals surface area (Å²) < 4.78 is 23.7. The predicted molar refractivity (Wildman–Crippen MR) is 73.7 cm³/mol. The standard InChI is InChI=1S/C13H11BrFNO5/c1-13(2)20-11(18)6(12(19)21-13)5-16-10-8(17)4-3-7(14)9(10)15/h3-5,16-17H,1-2H3.